The summed E-state index contributed by atoms with van der Waals surface area (Å²) < 4.78 is 13.9. The molecule has 0 aromatic heterocycles. The Morgan fingerprint density at radius 1 is 1.56 bits per heavy atom. The second-order valence-corrected chi connectivity index (χ2v) is 3.94. The molecule has 1 unspecified atom stereocenters. The van der Waals surface area contributed by atoms with Gasteiger partial charge in [0.15, 0.2) is 0 Å². The standard InChI is InChI=1S/C12H16FNO2/c1-3-8-5-9(14)6-10(12(8)13)7(2)4-11(15)16/h5-7H,3-4,14H2,1-2H3,(H,15,16). The van der Waals surface area contributed by atoms with Crippen LogP contribution in [0.15, 0.2) is 12.1 Å². The van der Waals surface area contributed by atoms with Gasteiger partial charge in [0.25, 0.3) is 0 Å². The molecule has 0 bridgehead atoms. The van der Waals surface area contributed by atoms with Crippen molar-refractivity contribution < 1.29 is 14.3 Å². The summed E-state index contributed by atoms with van der Waals surface area (Å²) in [7, 11) is 0. The number of benzene rings is 1. The molecule has 0 radical (unpaired) electrons. The van der Waals surface area contributed by atoms with Gasteiger partial charge in [0, 0.05) is 5.69 Å². The van der Waals surface area contributed by atoms with Gasteiger partial charge in [0.1, 0.15) is 5.82 Å². The number of anilines is 1. The fourth-order valence-electron chi connectivity index (χ4n) is 1.72. The third kappa shape index (κ3) is 2.72. The molecule has 1 atom stereocenters. The summed E-state index contributed by atoms with van der Waals surface area (Å²) >= 11 is 0. The van der Waals surface area contributed by atoms with E-state index in [0.29, 0.717) is 23.2 Å². The minimum Gasteiger partial charge on any atom is -0.481 e. The van der Waals surface area contributed by atoms with Crippen molar-refractivity contribution >= 4 is 11.7 Å². The number of nitrogen functional groups attached to an aromatic ring is 1. The molecule has 3 nitrogen and oxygen atoms in total. The Kier molecular flexibility index (Phi) is 3.88. The lowest BCUT2D eigenvalue weighted by Gasteiger charge is -2.14. The van der Waals surface area contributed by atoms with Gasteiger partial charge in [-0.15, -0.1) is 0 Å². The number of carbonyl (C=O) groups is 1. The van der Waals surface area contributed by atoms with Crippen LogP contribution >= 0.6 is 0 Å². The van der Waals surface area contributed by atoms with E-state index in [2.05, 4.69) is 0 Å². The second-order valence-electron chi connectivity index (χ2n) is 3.94. The van der Waals surface area contributed by atoms with Crippen LogP contribution in [0.5, 0.6) is 0 Å². The molecule has 3 N–H and O–H groups in total. The maximum atomic E-state index is 13.9. The first-order valence-electron chi connectivity index (χ1n) is 5.25. The number of carboxylic acid groups (broad SMARTS) is 1. The normalized spacial score (nSPS) is 12.4. The summed E-state index contributed by atoms with van der Waals surface area (Å²) in [6.07, 6.45) is 0.452. The first kappa shape index (κ1) is 12.5. The molecule has 1 rings (SSSR count). The topological polar surface area (TPSA) is 63.3 Å². The molecule has 1 aromatic rings. The van der Waals surface area contributed by atoms with Crippen molar-refractivity contribution in [3.63, 3.8) is 0 Å². The van der Waals surface area contributed by atoms with E-state index < -0.39 is 5.97 Å². The molecule has 0 aliphatic heterocycles. The number of aryl methyl sites for hydroxylation is 1. The van der Waals surface area contributed by atoms with Crippen molar-refractivity contribution in [3.8, 4) is 0 Å². The van der Waals surface area contributed by atoms with Gasteiger partial charge in [-0.1, -0.05) is 13.8 Å². The average Bonchev–Trinajstić information content (AvgIpc) is 2.19. The van der Waals surface area contributed by atoms with Crippen LogP contribution in [0.25, 0.3) is 0 Å². The highest BCUT2D eigenvalue weighted by Crippen LogP contribution is 2.27. The molecule has 0 aliphatic carbocycles. The maximum Gasteiger partial charge on any atom is 0.303 e. The highest BCUT2D eigenvalue weighted by atomic mass is 19.1. The summed E-state index contributed by atoms with van der Waals surface area (Å²) in [5, 5.41) is 8.68. The lowest BCUT2D eigenvalue weighted by Crippen LogP contribution is -2.07. The number of hydrogen-bond acceptors (Lipinski definition) is 2. The van der Waals surface area contributed by atoms with E-state index in [1.54, 1.807) is 13.0 Å². The highest BCUT2D eigenvalue weighted by Gasteiger charge is 2.17. The van der Waals surface area contributed by atoms with Gasteiger partial charge in [-0.3, -0.25) is 4.79 Å². The fraction of sp³-hybridized carbons (Fsp3) is 0.417. The van der Waals surface area contributed by atoms with Crippen LogP contribution < -0.4 is 5.73 Å². The predicted molar refractivity (Wildman–Crippen MR) is 60.9 cm³/mol. The lowest BCUT2D eigenvalue weighted by atomic mass is 9.94. The number of rotatable bonds is 4. The SMILES string of the molecule is CCc1cc(N)cc(C(C)CC(=O)O)c1F. The zero-order valence-electron chi connectivity index (χ0n) is 9.46. The smallest absolute Gasteiger partial charge is 0.303 e. The van der Waals surface area contributed by atoms with Crippen molar-refractivity contribution in [1.82, 2.24) is 0 Å². The van der Waals surface area contributed by atoms with E-state index in [9.17, 15) is 9.18 Å². The van der Waals surface area contributed by atoms with Gasteiger partial charge in [-0.05, 0) is 35.6 Å². The van der Waals surface area contributed by atoms with Gasteiger partial charge in [0.05, 0.1) is 6.42 Å². The van der Waals surface area contributed by atoms with E-state index in [-0.39, 0.29) is 18.2 Å². The second kappa shape index (κ2) is 4.96. The van der Waals surface area contributed by atoms with Gasteiger partial charge in [0.2, 0.25) is 0 Å². The largest absolute Gasteiger partial charge is 0.481 e. The first-order valence-corrected chi connectivity index (χ1v) is 5.25. The molecule has 0 saturated heterocycles. The van der Waals surface area contributed by atoms with E-state index in [1.165, 1.54) is 6.07 Å². The van der Waals surface area contributed by atoms with Crippen LogP contribution in [0, 0.1) is 5.82 Å². The van der Waals surface area contributed by atoms with Crippen LogP contribution in [-0.2, 0) is 11.2 Å². The van der Waals surface area contributed by atoms with E-state index in [0.717, 1.165) is 0 Å². The zero-order valence-corrected chi connectivity index (χ0v) is 9.46. The molecular weight excluding hydrogens is 209 g/mol. The molecule has 0 saturated carbocycles. The summed E-state index contributed by atoms with van der Waals surface area (Å²) in [4.78, 5) is 10.6. The molecule has 0 aliphatic rings. The molecular formula is C12H16FNO2. The van der Waals surface area contributed by atoms with E-state index >= 15 is 0 Å². The molecule has 0 spiro atoms. The fourth-order valence-corrected chi connectivity index (χ4v) is 1.72. The van der Waals surface area contributed by atoms with E-state index in [1.807, 2.05) is 6.92 Å². The molecule has 4 heteroatoms. The Bertz CT molecular complexity index is 404. The molecule has 16 heavy (non-hydrogen) atoms. The highest BCUT2D eigenvalue weighted by molar-refractivity contribution is 5.68. The minimum atomic E-state index is -0.938. The van der Waals surface area contributed by atoms with E-state index in [4.69, 9.17) is 10.8 Å². The number of nitrogens with two attached hydrogens (primary N) is 1. The number of halogens is 1. The number of carboxylic acids is 1. The van der Waals surface area contributed by atoms with Crippen molar-refractivity contribution in [2.75, 3.05) is 5.73 Å². The van der Waals surface area contributed by atoms with Crippen molar-refractivity contribution in [2.45, 2.75) is 32.6 Å². The third-order valence-electron chi connectivity index (χ3n) is 2.59. The van der Waals surface area contributed by atoms with Crippen LogP contribution in [0.3, 0.4) is 0 Å². The summed E-state index contributed by atoms with van der Waals surface area (Å²) in [6, 6.07) is 3.11. The van der Waals surface area contributed by atoms with Gasteiger partial charge >= 0.3 is 5.97 Å². The Morgan fingerprint density at radius 3 is 2.69 bits per heavy atom. The summed E-state index contributed by atoms with van der Waals surface area (Å²) in [5.41, 5.74) is 7.06. The van der Waals surface area contributed by atoms with Crippen molar-refractivity contribution in [3.05, 3.63) is 29.1 Å². The molecule has 0 heterocycles. The Hall–Kier alpha value is -1.58. The zero-order chi connectivity index (χ0) is 12.3. The summed E-state index contributed by atoms with van der Waals surface area (Å²) in [5.74, 6) is -1.64. The monoisotopic (exact) mass is 225 g/mol. The summed E-state index contributed by atoms with van der Waals surface area (Å²) in [6.45, 7) is 3.52. The van der Waals surface area contributed by atoms with Crippen LogP contribution in [0.4, 0.5) is 10.1 Å². The van der Waals surface area contributed by atoms with Gasteiger partial charge in [-0.2, -0.15) is 0 Å². The van der Waals surface area contributed by atoms with Gasteiger partial charge < -0.3 is 10.8 Å². The van der Waals surface area contributed by atoms with Crippen molar-refractivity contribution in [1.29, 1.82) is 0 Å². The Labute approximate surface area is 94.1 Å². The first-order chi connectivity index (χ1) is 7.45. The molecule has 0 amide bonds. The lowest BCUT2D eigenvalue weighted by molar-refractivity contribution is -0.137. The molecule has 88 valence electrons. The quantitative estimate of drug-likeness (QED) is 0.774. The molecule has 1 aromatic carbocycles. The van der Waals surface area contributed by atoms with Crippen molar-refractivity contribution in [2.24, 2.45) is 0 Å². The Morgan fingerprint density at radius 2 is 2.19 bits per heavy atom. The van der Waals surface area contributed by atoms with Crippen LogP contribution in [-0.4, -0.2) is 11.1 Å². The predicted octanol–water partition coefficient (Wildman–Crippen LogP) is 2.55. The van der Waals surface area contributed by atoms with Crippen LogP contribution in [0.2, 0.25) is 0 Å². The molecule has 0 fully saturated rings. The minimum absolute atomic E-state index is 0.0937. The Balaban J connectivity index is 3.12. The number of aliphatic carboxylic acids is 1. The third-order valence-corrected chi connectivity index (χ3v) is 2.59. The average molecular weight is 225 g/mol. The number of hydrogen-bond donors (Lipinski definition) is 2. The van der Waals surface area contributed by atoms with Gasteiger partial charge in [-0.25, -0.2) is 4.39 Å². The van der Waals surface area contributed by atoms with Crippen LogP contribution in [0.1, 0.15) is 37.3 Å². The maximum absolute atomic E-state index is 13.9.